The van der Waals surface area contributed by atoms with Gasteiger partial charge in [-0.25, -0.2) is 15.0 Å². The van der Waals surface area contributed by atoms with Crippen molar-refractivity contribution in [2.24, 2.45) is 0 Å². The standard InChI is InChI=1S/C39H24N6/c1-4-16-34-28(10-1)31-13-7-19-40-37(31)43(34)25-22-26(44-35-17-5-2-11-29(35)32-14-8-20-41-38(32)44)24-27(23-25)45-36-18-6-3-12-30(36)33-15-9-21-42-39(33)45/h1-24H. The number of benzene rings is 4. The highest BCUT2D eigenvalue weighted by Crippen LogP contribution is 2.37. The van der Waals surface area contributed by atoms with Gasteiger partial charge in [-0.1, -0.05) is 54.6 Å². The Labute approximate surface area is 257 Å². The molecule has 0 unspecified atom stereocenters. The maximum Gasteiger partial charge on any atom is 0.145 e. The van der Waals surface area contributed by atoms with Crippen molar-refractivity contribution >= 4 is 65.8 Å². The van der Waals surface area contributed by atoms with Crippen molar-refractivity contribution in [3.8, 4) is 17.1 Å². The minimum Gasteiger partial charge on any atom is -0.294 e. The molecule has 0 aliphatic heterocycles. The van der Waals surface area contributed by atoms with E-state index >= 15 is 0 Å². The summed E-state index contributed by atoms with van der Waals surface area (Å²) in [6.07, 6.45) is 5.61. The zero-order chi connectivity index (χ0) is 29.5. The lowest BCUT2D eigenvalue weighted by Gasteiger charge is -2.16. The first-order valence-corrected chi connectivity index (χ1v) is 15.0. The lowest BCUT2D eigenvalue weighted by molar-refractivity contribution is 1.07. The van der Waals surface area contributed by atoms with Gasteiger partial charge in [0.2, 0.25) is 0 Å². The van der Waals surface area contributed by atoms with Crippen LogP contribution in [-0.2, 0) is 0 Å². The molecule has 6 heteroatoms. The first kappa shape index (κ1) is 24.2. The second-order valence-electron chi connectivity index (χ2n) is 11.4. The van der Waals surface area contributed by atoms with E-state index in [0.29, 0.717) is 0 Å². The van der Waals surface area contributed by atoms with E-state index in [1.807, 2.05) is 36.8 Å². The van der Waals surface area contributed by atoms with Crippen LogP contribution in [0.15, 0.2) is 146 Å². The van der Waals surface area contributed by atoms with Gasteiger partial charge in [-0.3, -0.25) is 13.7 Å². The highest BCUT2D eigenvalue weighted by molar-refractivity contribution is 6.10. The highest BCUT2D eigenvalue weighted by atomic mass is 15.1. The van der Waals surface area contributed by atoms with Crippen LogP contribution in [0.25, 0.3) is 82.9 Å². The third-order valence-corrected chi connectivity index (χ3v) is 8.96. The van der Waals surface area contributed by atoms with Crippen LogP contribution in [-0.4, -0.2) is 28.7 Å². The number of hydrogen-bond donors (Lipinski definition) is 0. The molecule has 45 heavy (non-hydrogen) atoms. The lowest BCUT2D eigenvalue weighted by Crippen LogP contribution is -2.04. The van der Waals surface area contributed by atoms with Gasteiger partial charge in [-0.15, -0.1) is 0 Å². The van der Waals surface area contributed by atoms with Crippen molar-refractivity contribution < 1.29 is 0 Å². The largest absolute Gasteiger partial charge is 0.294 e. The first-order valence-electron chi connectivity index (χ1n) is 15.0. The number of fused-ring (bicyclic) bond motifs is 9. The van der Waals surface area contributed by atoms with Crippen LogP contribution in [0.5, 0.6) is 0 Å². The smallest absolute Gasteiger partial charge is 0.145 e. The van der Waals surface area contributed by atoms with Crippen molar-refractivity contribution in [1.82, 2.24) is 28.7 Å². The van der Waals surface area contributed by atoms with Crippen molar-refractivity contribution in [2.75, 3.05) is 0 Å². The number of hydrogen-bond acceptors (Lipinski definition) is 3. The monoisotopic (exact) mass is 576 g/mol. The molecule has 0 saturated heterocycles. The second kappa shape index (κ2) is 9.11. The van der Waals surface area contributed by atoms with E-state index in [1.165, 1.54) is 16.2 Å². The molecule has 0 bridgehead atoms. The predicted octanol–water partition coefficient (Wildman–Crippen LogP) is 9.16. The van der Waals surface area contributed by atoms with Gasteiger partial charge in [0, 0.05) is 50.9 Å². The van der Waals surface area contributed by atoms with Gasteiger partial charge in [-0.05, 0) is 72.8 Å². The van der Waals surface area contributed by atoms with E-state index < -0.39 is 0 Å². The van der Waals surface area contributed by atoms with Gasteiger partial charge in [0.25, 0.3) is 0 Å². The van der Waals surface area contributed by atoms with Gasteiger partial charge >= 0.3 is 0 Å². The third kappa shape index (κ3) is 3.36. The van der Waals surface area contributed by atoms with E-state index in [9.17, 15) is 0 Å². The lowest BCUT2D eigenvalue weighted by atomic mass is 10.2. The normalized spacial score (nSPS) is 12.0. The summed E-state index contributed by atoms with van der Waals surface area (Å²) < 4.78 is 6.83. The maximum absolute atomic E-state index is 4.90. The average Bonchev–Trinajstić information content (AvgIpc) is 3.74. The topological polar surface area (TPSA) is 53.5 Å². The van der Waals surface area contributed by atoms with E-state index in [2.05, 4.69) is 123 Å². The number of para-hydroxylation sites is 3. The molecule has 0 spiro atoms. The van der Waals surface area contributed by atoms with Gasteiger partial charge in [0.1, 0.15) is 16.9 Å². The Morgan fingerprint density at radius 3 is 0.933 bits per heavy atom. The van der Waals surface area contributed by atoms with Crippen LogP contribution in [0.3, 0.4) is 0 Å². The minimum absolute atomic E-state index is 0.919. The van der Waals surface area contributed by atoms with Crippen LogP contribution < -0.4 is 0 Å². The summed E-state index contributed by atoms with van der Waals surface area (Å²) in [7, 11) is 0. The molecular formula is C39H24N6. The fourth-order valence-corrected chi connectivity index (χ4v) is 7.14. The fourth-order valence-electron chi connectivity index (χ4n) is 7.14. The van der Waals surface area contributed by atoms with Crippen molar-refractivity contribution in [3.63, 3.8) is 0 Å². The molecule has 0 atom stereocenters. The summed E-state index contributed by atoms with van der Waals surface area (Å²) in [5.41, 5.74) is 9.11. The number of pyridine rings is 3. The number of rotatable bonds is 3. The zero-order valence-electron chi connectivity index (χ0n) is 24.0. The summed E-state index contributed by atoms with van der Waals surface area (Å²) in [5.74, 6) is 0. The van der Waals surface area contributed by atoms with Crippen molar-refractivity contribution in [3.05, 3.63) is 146 Å². The Balaban J connectivity index is 1.38. The Kier molecular flexibility index (Phi) is 4.90. The molecule has 0 aliphatic carbocycles. The molecule has 0 aliphatic rings. The summed E-state index contributed by atoms with van der Waals surface area (Å²) in [6, 6.07) is 44.9. The minimum atomic E-state index is 0.919. The Morgan fingerprint density at radius 2 is 0.600 bits per heavy atom. The van der Waals surface area contributed by atoms with E-state index in [1.54, 1.807) is 0 Å². The molecule has 10 rings (SSSR count). The van der Waals surface area contributed by atoms with Crippen molar-refractivity contribution in [1.29, 1.82) is 0 Å². The molecule has 0 radical (unpaired) electrons. The van der Waals surface area contributed by atoms with Crippen LogP contribution in [0, 0.1) is 0 Å². The SMILES string of the molecule is c1ccc2c(c1)c1cccnc1n2-c1cc(-n2c3ccccc3c3cccnc32)cc(-n2c3ccccc3c3cccnc32)c1. The molecule has 0 fully saturated rings. The van der Waals surface area contributed by atoms with Crippen LogP contribution in [0.4, 0.5) is 0 Å². The quantitative estimate of drug-likeness (QED) is 0.211. The van der Waals surface area contributed by atoms with Gasteiger partial charge in [0.15, 0.2) is 0 Å². The summed E-state index contributed by atoms with van der Waals surface area (Å²) in [4.78, 5) is 14.7. The fraction of sp³-hybridized carbons (Fsp3) is 0. The number of aromatic nitrogens is 6. The molecule has 0 amide bonds. The van der Waals surface area contributed by atoms with Crippen LogP contribution in [0.1, 0.15) is 0 Å². The van der Waals surface area contributed by atoms with Crippen molar-refractivity contribution in [2.45, 2.75) is 0 Å². The Hall–Kier alpha value is -6.27. The predicted molar refractivity (Wildman–Crippen MR) is 183 cm³/mol. The second-order valence-corrected chi connectivity index (χ2v) is 11.4. The molecule has 10 aromatic rings. The van der Waals surface area contributed by atoms with Gasteiger partial charge < -0.3 is 0 Å². The molecule has 6 aromatic heterocycles. The first-order chi connectivity index (χ1) is 22.3. The van der Waals surface area contributed by atoms with Gasteiger partial charge in [0.05, 0.1) is 33.6 Å². The average molecular weight is 577 g/mol. The Bertz CT molecular complexity index is 2300. The zero-order valence-corrected chi connectivity index (χ0v) is 24.0. The molecule has 4 aromatic carbocycles. The van der Waals surface area contributed by atoms with E-state index in [-0.39, 0.29) is 0 Å². The number of nitrogens with zero attached hydrogens (tertiary/aromatic N) is 6. The highest BCUT2D eigenvalue weighted by Gasteiger charge is 2.20. The van der Waals surface area contributed by atoms with Crippen LogP contribution in [0.2, 0.25) is 0 Å². The summed E-state index contributed by atoms with van der Waals surface area (Å²) >= 11 is 0. The molecular weight excluding hydrogens is 552 g/mol. The summed E-state index contributed by atoms with van der Waals surface area (Å²) in [6.45, 7) is 0. The molecule has 0 N–H and O–H groups in total. The molecule has 210 valence electrons. The van der Waals surface area contributed by atoms with Gasteiger partial charge in [-0.2, -0.15) is 0 Å². The maximum atomic E-state index is 4.90. The van der Waals surface area contributed by atoms with Crippen LogP contribution >= 0.6 is 0 Å². The van der Waals surface area contributed by atoms with E-state index in [0.717, 1.165) is 66.7 Å². The Morgan fingerprint density at radius 1 is 0.311 bits per heavy atom. The summed E-state index contributed by atoms with van der Waals surface area (Å²) in [5, 5.41) is 6.88. The van der Waals surface area contributed by atoms with E-state index in [4.69, 9.17) is 15.0 Å². The molecule has 6 nitrogen and oxygen atoms in total. The molecule has 6 heterocycles. The third-order valence-electron chi connectivity index (χ3n) is 8.96. The molecule has 0 saturated carbocycles.